The largest absolute Gasteiger partial charge is 0.370 e. The molecule has 0 saturated carbocycles. The number of piperidine rings is 1. The van der Waals surface area contributed by atoms with E-state index in [0.29, 0.717) is 0 Å². The van der Waals surface area contributed by atoms with Crippen molar-refractivity contribution in [2.45, 2.75) is 58.3 Å². The zero-order chi connectivity index (χ0) is 15.4. The van der Waals surface area contributed by atoms with E-state index < -0.39 is 0 Å². The summed E-state index contributed by atoms with van der Waals surface area (Å²) in [6.45, 7) is 5.25. The summed E-state index contributed by atoms with van der Waals surface area (Å²) in [7, 11) is 0. The molecule has 1 aromatic rings. The molecular formula is C17H28N4S. The highest BCUT2D eigenvalue weighted by atomic mass is 32.1. The number of aliphatic imine (C=N–C) groups is 1. The average Bonchev–Trinajstić information content (AvgIpc) is 2.94. The van der Waals surface area contributed by atoms with Gasteiger partial charge >= 0.3 is 0 Å². The van der Waals surface area contributed by atoms with E-state index in [-0.39, 0.29) is 0 Å². The maximum atomic E-state index is 6.13. The normalized spacial score (nSPS) is 22.7. The molecule has 1 aromatic heterocycles. The Kier molecular flexibility index (Phi) is 5.34. The fourth-order valence-corrected chi connectivity index (χ4v) is 4.63. The molecule has 1 aliphatic heterocycles. The number of aromatic nitrogens is 1. The van der Waals surface area contributed by atoms with Crippen LogP contribution in [0.25, 0.3) is 0 Å². The first-order valence-corrected chi connectivity index (χ1v) is 9.56. The van der Waals surface area contributed by atoms with Gasteiger partial charge in [-0.25, -0.2) is 4.98 Å². The standard InChI is InChI=1S/C17H28N4S/c1-13-6-5-11-21(12-13)17(18)19-10-4-9-16-20-14-7-2-3-8-15(14)22-16/h13H,2-12H2,1H3,(H2,18,19). The molecule has 5 heteroatoms. The Bertz CT molecular complexity index is 499. The SMILES string of the molecule is CC1CCCN(C(N)=NCCCc2nc3c(s2)CCCC3)C1. The van der Waals surface area contributed by atoms with Gasteiger partial charge in [0.2, 0.25) is 0 Å². The van der Waals surface area contributed by atoms with E-state index in [0.717, 1.165) is 44.4 Å². The number of thiazole rings is 1. The number of guanidine groups is 1. The molecule has 22 heavy (non-hydrogen) atoms. The minimum absolute atomic E-state index is 0.740. The number of nitrogens with two attached hydrogens (primary N) is 1. The fourth-order valence-electron chi connectivity index (χ4n) is 3.43. The van der Waals surface area contributed by atoms with Gasteiger partial charge in [-0.3, -0.25) is 4.99 Å². The van der Waals surface area contributed by atoms with Crippen molar-refractivity contribution >= 4 is 17.3 Å². The second-order valence-electron chi connectivity index (χ2n) is 6.72. The molecule has 0 bridgehead atoms. The predicted octanol–water partition coefficient (Wildman–Crippen LogP) is 3.00. The van der Waals surface area contributed by atoms with Crippen LogP contribution in [0.2, 0.25) is 0 Å². The summed E-state index contributed by atoms with van der Waals surface area (Å²) in [5.41, 5.74) is 7.50. The van der Waals surface area contributed by atoms with Gasteiger partial charge in [0.25, 0.3) is 0 Å². The van der Waals surface area contributed by atoms with Gasteiger partial charge in [-0.2, -0.15) is 0 Å². The second-order valence-corrected chi connectivity index (χ2v) is 7.89. The van der Waals surface area contributed by atoms with Gasteiger partial charge in [0, 0.05) is 30.9 Å². The minimum Gasteiger partial charge on any atom is -0.370 e. The summed E-state index contributed by atoms with van der Waals surface area (Å²) < 4.78 is 0. The molecule has 3 rings (SSSR count). The Morgan fingerprint density at radius 1 is 1.36 bits per heavy atom. The van der Waals surface area contributed by atoms with E-state index in [4.69, 9.17) is 10.7 Å². The maximum Gasteiger partial charge on any atom is 0.191 e. The fraction of sp³-hybridized carbons (Fsp3) is 0.765. The lowest BCUT2D eigenvalue weighted by Gasteiger charge is -2.31. The molecule has 1 saturated heterocycles. The van der Waals surface area contributed by atoms with Gasteiger partial charge in [-0.1, -0.05) is 6.92 Å². The molecular weight excluding hydrogens is 292 g/mol. The van der Waals surface area contributed by atoms with Crippen molar-refractivity contribution in [1.29, 1.82) is 0 Å². The van der Waals surface area contributed by atoms with Crippen molar-refractivity contribution in [2.24, 2.45) is 16.6 Å². The molecule has 1 atom stereocenters. The third-order valence-electron chi connectivity index (χ3n) is 4.69. The summed E-state index contributed by atoms with van der Waals surface area (Å²) in [5, 5.41) is 1.30. The van der Waals surface area contributed by atoms with E-state index in [1.807, 2.05) is 11.3 Å². The summed E-state index contributed by atoms with van der Waals surface area (Å²) in [6, 6.07) is 0. The van der Waals surface area contributed by atoms with Crippen molar-refractivity contribution in [3.63, 3.8) is 0 Å². The van der Waals surface area contributed by atoms with E-state index >= 15 is 0 Å². The number of hydrogen-bond acceptors (Lipinski definition) is 3. The molecule has 1 unspecified atom stereocenters. The Morgan fingerprint density at radius 3 is 3.05 bits per heavy atom. The van der Waals surface area contributed by atoms with Crippen LogP contribution in [0.4, 0.5) is 0 Å². The van der Waals surface area contributed by atoms with E-state index in [2.05, 4.69) is 16.8 Å². The summed E-state index contributed by atoms with van der Waals surface area (Å²) in [5.74, 6) is 1.48. The molecule has 122 valence electrons. The molecule has 4 nitrogen and oxygen atoms in total. The lowest BCUT2D eigenvalue weighted by atomic mass is 10.0. The molecule has 0 amide bonds. The van der Waals surface area contributed by atoms with Gasteiger partial charge in [-0.15, -0.1) is 11.3 Å². The number of nitrogens with zero attached hydrogens (tertiary/aromatic N) is 3. The Labute approximate surface area is 137 Å². The lowest BCUT2D eigenvalue weighted by Crippen LogP contribution is -2.43. The molecule has 0 aromatic carbocycles. The van der Waals surface area contributed by atoms with Crippen molar-refractivity contribution in [3.8, 4) is 0 Å². The minimum atomic E-state index is 0.740. The molecule has 0 spiro atoms. The van der Waals surface area contributed by atoms with Crippen LogP contribution in [0.3, 0.4) is 0 Å². The third kappa shape index (κ3) is 4.00. The zero-order valence-corrected chi connectivity index (χ0v) is 14.5. The first kappa shape index (κ1) is 15.8. The Balaban J connectivity index is 1.44. The quantitative estimate of drug-likeness (QED) is 0.527. The van der Waals surface area contributed by atoms with Crippen LogP contribution in [0.15, 0.2) is 4.99 Å². The first-order chi connectivity index (χ1) is 10.7. The van der Waals surface area contributed by atoms with E-state index in [1.165, 1.54) is 54.1 Å². The highest BCUT2D eigenvalue weighted by molar-refractivity contribution is 7.11. The van der Waals surface area contributed by atoms with Gasteiger partial charge in [0.1, 0.15) is 0 Å². The van der Waals surface area contributed by atoms with E-state index in [9.17, 15) is 0 Å². The van der Waals surface area contributed by atoms with Crippen LogP contribution in [-0.2, 0) is 19.3 Å². The van der Waals surface area contributed by atoms with Crippen LogP contribution in [-0.4, -0.2) is 35.5 Å². The zero-order valence-electron chi connectivity index (χ0n) is 13.7. The van der Waals surface area contributed by atoms with Crippen LogP contribution in [0, 0.1) is 5.92 Å². The van der Waals surface area contributed by atoms with Crippen molar-refractivity contribution in [1.82, 2.24) is 9.88 Å². The third-order valence-corrected chi connectivity index (χ3v) is 5.91. The Morgan fingerprint density at radius 2 is 2.23 bits per heavy atom. The smallest absolute Gasteiger partial charge is 0.191 e. The Hall–Kier alpha value is -1.10. The van der Waals surface area contributed by atoms with Crippen LogP contribution in [0.5, 0.6) is 0 Å². The van der Waals surface area contributed by atoms with Gasteiger partial charge in [-0.05, 0) is 50.9 Å². The lowest BCUT2D eigenvalue weighted by molar-refractivity contribution is 0.270. The van der Waals surface area contributed by atoms with E-state index in [1.54, 1.807) is 0 Å². The van der Waals surface area contributed by atoms with Crippen LogP contribution >= 0.6 is 11.3 Å². The highest BCUT2D eigenvalue weighted by Crippen LogP contribution is 2.27. The average molecular weight is 321 g/mol. The number of fused-ring (bicyclic) bond motifs is 1. The van der Waals surface area contributed by atoms with Gasteiger partial charge in [0.05, 0.1) is 10.7 Å². The predicted molar refractivity (Wildman–Crippen MR) is 93.5 cm³/mol. The summed E-state index contributed by atoms with van der Waals surface area (Å²) in [4.78, 5) is 13.2. The molecule has 0 radical (unpaired) electrons. The highest BCUT2D eigenvalue weighted by Gasteiger charge is 2.17. The molecule has 2 N–H and O–H groups in total. The monoisotopic (exact) mass is 320 g/mol. The molecule has 2 heterocycles. The second kappa shape index (κ2) is 7.44. The molecule has 1 fully saturated rings. The summed E-state index contributed by atoms with van der Waals surface area (Å²) >= 11 is 1.92. The van der Waals surface area contributed by atoms with Gasteiger partial charge in [0.15, 0.2) is 5.96 Å². The van der Waals surface area contributed by atoms with Crippen LogP contribution in [0.1, 0.15) is 54.6 Å². The van der Waals surface area contributed by atoms with Crippen molar-refractivity contribution in [2.75, 3.05) is 19.6 Å². The number of hydrogen-bond donors (Lipinski definition) is 1. The van der Waals surface area contributed by atoms with Gasteiger partial charge < -0.3 is 10.6 Å². The molecule has 2 aliphatic rings. The maximum absolute atomic E-state index is 6.13. The topological polar surface area (TPSA) is 54.5 Å². The van der Waals surface area contributed by atoms with Crippen LogP contribution < -0.4 is 5.73 Å². The first-order valence-electron chi connectivity index (χ1n) is 8.74. The number of aryl methyl sites for hydroxylation is 3. The molecule has 1 aliphatic carbocycles. The van der Waals surface area contributed by atoms with Crippen molar-refractivity contribution in [3.05, 3.63) is 15.6 Å². The van der Waals surface area contributed by atoms with Crippen molar-refractivity contribution < 1.29 is 0 Å². The summed E-state index contributed by atoms with van der Waals surface area (Å²) in [6.07, 6.45) is 9.73. The number of likely N-dealkylation sites (tertiary alicyclic amines) is 1. The number of rotatable bonds is 4.